The van der Waals surface area contributed by atoms with Crippen LogP contribution in [0.3, 0.4) is 0 Å². The highest BCUT2D eigenvalue weighted by molar-refractivity contribution is 14.1. The Morgan fingerprint density at radius 2 is 1.36 bits per heavy atom. The Bertz CT molecular complexity index is 1260. The molecule has 0 fully saturated rings. The van der Waals surface area contributed by atoms with Crippen LogP contribution in [0.4, 0.5) is 0 Å². The van der Waals surface area contributed by atoms with Gasteiger partial charge in [0.2, 0.25) is 6.08 Å². The highest BCUT2D eigenvalue weighted by atomic mass is 127. The zero-order valence-electron chi connectivity index (χ0n) is 14.7. The van der Waals surface area contributed by atoms with Crippen LogP contribution in [-0.4, -0.2) is 26.3 Å². The molecule has 0 heterocycles. The molecular weight excluding hydrogens is 465 g/mol. The quantitative estimate of drug-likeness (QED) is 0.136. The van der Waals surface area contributed by atoms with Gasteiger partial charge in [0.1, 0.15) is 12.1 Å². The summed E-state index contributed by atoms with van der Waals surface area (Å²) in [6, 6.07) is 19.7. The lowest BCUT2D eigenvalue weighted by molar-refractivity contribution is 0.00867. The van der Waals surface area contributed by atoms with Crippen molar-refractivity contribution >= 4 is 61.0 Å². The molecule has 1 aliphatic rings. The van der Waals surface area contributed by atoms with E-state index in [1.807, 2.05) is 36.4 Å². The molecule has 0 saturated heterocycles. The van der Waals surface area contributed by atoms with Crippen molar-refractivity contribution in [3.63, 3.8) is 0 Å². The van der Waals surface area contributed by atoms with Crippen LogP contribution in [0, 0.1) is 0 Å². The van der Waals surface area contributed by atoms with Crippen molar-refractivity contribution in [3.05, 3.63) is 71.8 Å². The number of aliphatic imine (C=N–C) groups is 1. The van der Waals surface area contributed by atoms with E-state index in [9.17, 15) is 15.0 Å². The molecule has 0 unspecified atom stereocenters. The van der Waals surface area contributed by atoms with Crippen LogP contribution in [0.2, 0.25) is 0 Å². The summed E-state index contributed by atoms with van der Waals surface area (Å²) in [4.78, 5) is 15.2. The second-order valence-electron chi connectivity index (χ2n) is 7.13. The van der Waals surface area contributed by atoms with Gasteiger partial charge in [0.25, 0.3) is 0 Å². The van der Waals surface area contributed by atoms with Crippen molar-refractivity contribution in [1.29, 1.82) is 0 Å². The molecule has 4 aromatic rings. The molecule has 4 atom stereocenters. The third-order valence-corrected chi connectivity index (χ3v) is 7.16. The lowest BCUT2D eigenvalue weighted by atomic mass is 9.79. The molecule has 4 aromatic carbocycles. The second-order valence-corrected chi connectivity index (χ2v) is 8.57. The first-order chi connectivity index (χ1) is 13.6. The van der Waals surface area contributed by atoms with Crippen LogP contribution in [0.1, 0.15) is 23.3 Å². The van der Waals surface area contributed by atoms with Crippen LogP contribution in [0.5, 0.6) is 0 Å². The number of alkyl halides is 1. The van der Waals surface area contributed by atoms with Crippen molar-refractivity contribution < 1.29 is 15.0 Å². The molecule has 5 heteroatoms. The van der Waals surface area contributed by atoms with Gasteiger partial charge in [0.05, 0.1) is 10.0 Å². The van der Waals surface area contributed by atoms with Gasteiger partial charge in [-0.15, -0.1) is 0 Å². The number of halogens is 1. The number of fused-ring (bicyclic) bond motifs is 8. The first kappa shape index (κ1) is 17.8. The number of rotatable bonds is 1. The summed E-state index contributed by atoms with van der Waals surface area (Å²) in [6.07, 6.45) is -0.353. The highest BCUT2D eigenvalue weighted by Gasteiger charge is 2.41. The van der Waals surface area contributed by atoms with Gasteiger partial charge in [-0.05, 0) is 43.4 Å². The van der Waals surface area contributed by atoms with Crippen molar-refractivity contribution in [3.8, 4) is 0 Å². The standard InChI is InChI=1S/C23H16INO3/c24-20-21(25-11-26)19-17(22(27)23(20)28)10-9-16-14-7-2-1-5-12(14)13-6-3-4-8-15(13)18(16)19/h1-10,20-23,27-28H/t20-,21+,22+,23+/m0/s1. The summed E-state index contributed by atoms with van der Waals surface area (Å²) in [7, 11) is 0. The van der Waals surface area contributed by atoms with Gasteiger partial charge in [0.15, 0.2) is 0 Å². The molecule has 28 heavy (non-hydrogen) atoms. The lowest BCUT2D eigenvalue weighted by Gasteiger charge is -2.35. The Kier molecular flexibility index (Phi) is 4.21. The number of isocyanates is 1. The van der Waals surface area contributed by atoms with Crippen molar-refractivity contribution in [1.82, 2.24) is 0 Å². The zero-order valence-corrected chi connectivity index (χ0v) is 16.9. The van der Waals surface area contributed by atoms with Gasteiger partial charge in [-0.25, -0.2) is 4.79 Å². The monoisotopic (exact) mass is 481 g/mol. The molecule has 4 nitrogen and oxygen atoms in total. The fraction of sp³-hybridized carbons (Fsp3) is 0.174. The fourth-order valence-corrected chi connectivity index (χ4v) is 5.43. The molecule has 0 aliphatic heterocycles. The van der Waals surface area contributed by atoms with Crippen LogP contribution in [0.15, 0.2) is 65.7 Å². The Morgan fingerprint density at radius 3 is 1.96 bits per heavy atom. The van der Waals surface area contributed by atoms with E-state index in [2.05, 4.69) is 51.8 Å². The first-order valence-corrected chi connectivity index (χ1v) is 10.3. The first-order valence-electron chi connectivity index (χ1n) is 9.06. The van der Waals surface area contributed by atoms with Gasteiger partial charge in [0, 0.05) is 0 Å². The number of hydrogen-bond acceptors (Lipinski definition) is 4. The maximum atomic E-state index is 11.2. The molecule has 0 radical (unpaired) electrons. The van der Waals surface area contributed by atoms with E-state index >= 15 is 0 Å². The predicted molar refractivity (Wildman–Crippen MR) is 119 cm³/mol. The van der Waals surface area contributed by atoms with Gasteiger partial charge >= 0.3 is 0 Å². The van der Waals surface area contributed by atoms with Crippen LogP contribution < -0.4 is 0 Å². The third-order valence-electron chi connectivity index (χ3n) is 5.74. The predicted octanol–water partition coefficient (Wildman–Crippen LogP) is 4.73. The molecule has 0 aromatic heterocycles. The number of aliphatic hydroxyl groups excluding tert-OH is 2. The van der Waals surface area contributed by atoms with E-state index in [1.165, 1.54) is 0 Å². The van der Waals surface area contributed by atoms with Gasteiger partial charge < -0.3 is 10.2 Å². The molecule has 0 spiro atoms. The number of nitrogens with zero attached hydrogens (tertiary/aromatic N) is 1. The number of carbonyl (C=O) groups excluding carboxylic acids is 1. The SMILES string of the molecule is O=C=N[C@@H]1c2c(ccc3c4ccccc4c4ccccc4c23)[C@@H](O)[C@H](O)[C@H]1I. The topological polar surface area (TPSA) is 69.9 Å². The molecular formula is C23H16INO3. The minimum Gasteiger partial charge on any atom is -0.389 e. The average molecular weight is 481 g/mol. The summed E-state index contributed by atoms with van der Waals surface area (Å²) in [5.74, 6) is 0. The largest absolute Gasteiger partial charge is 0.389 e. The van der Waals surface area contributed by atoms with E-state index in [1.54, 1.807) is 6.08 Å². The zero-order chi connectivity index (χ0) is 19.4. The van der Waals surface area contributed by atoms with E-state index in [0.717, 1.165) is 37.9 Å². The molecule has 1 aliphatic carbocycles. The molecule has 0 bridgehead atoms. The molecule has 2 N–H and O–H groups in total. The summed E-state index contributed by atoms with van der Waals surface area (Å²) in [6.45, 7) is 0. The summed E-state index contributed by atoms with van der Waals surface area (Å²) < 4.78 is -0.433. The summed E-state index contributed by atoms with van der Waals surface area (Å²) in [5.41, 5.74) is 1.43. The number of aliphatic hydroxyl groups is 2. The lowest BCUT2D eigenvalue weighted by Crippen LogP contribution is -2.37. The van der Waals surface area contributed by atoms with E-state index in [4.69, 9.17) is 0 Å². The minimum absolute atomic E-state index is 0.433. The normalized spacial score (nSPS) is 24.2. The van der Waals surface area contributed by atoms with Crippen molar-refractivity contribution in [2.45, 2.75) is 22.2 Å². The van der Waals surface area contributed by atoms with Crippen LogP contribution in [-0.2, 0) is 4.79 Å². The Labute approximate surface area is 174 Å². The Hall–Kier alpha value is -2.31. The number of benzene rings is 4. The van der Waals surface area contributed by atoms with Crippen LogP contribution >= 0.6 is 22.6 Å². The third kappa shape index (κ3) is 2.37. The fourth-order valence-electron chi connectivity index (χ4n) is 4.51. The van der Waals surface area contributed by atoms with E-state index in [-0.39, 0.29) is 0 Å². The van der Waals surface area contributed by atoms with Crippen molar-refractivity contribution in [2.75, 3.05) is 0 Å². The Morgan fingerprint density at radius 1 is 0.821 bits per heavy atom. The summed E-state index contributed by atoms with van der Waals surface area (Å²) >= 11 is 2.07. The van der Waals surface area contributed by atoms with E-state index in [0.29, 0.717) is 5.56 Å². The highest BCUT2D eigenvalue weighted by Crippen LogP contribution is 2.48. The Balaban J connectivity index is 2.06. The second kappa shape index (κ2) is 6.64. The van der Waals surface area contributed by atoms with Gasteiger partial charge in [-0.1, -0.05) is 83.3 Å². The van der Waals surface area contributed by atoms with Crippen LogP contribution in [0.25, 0.3) is 32.3 Å². The molecule has 0 amide bonds. The molecule has 138 valence electrons. The maximum absolute atomic E-state index is 11.2. The van der Waals surface area contributed by atoms with Crippen molar-refractivity contribution in [2.24, 2.45) is 4.99 Å². The van der Waals surface area contributed by atoms with E-state index < -0.39 is 22.2 Å². The molecule has 5 rings (SSSR count). The smallest absolute Gasteiger partial charge is 0.235 e. The average Bonchev–Trinajstić information content (AvgIpc) is 2.74. The minimum atomic E-state index is -1.02. The molecule has 0 saturated carbocycles. The van der Waals surface area contributed by atoms with Gasteiger partial charge in [-0.2, -0.15) is 4.99 Å². The number of hydrogen-bond donors (Lipinski definition) is 2. The maximum Gasteiger partial charge on any atom is 0.235 e. The van der Waals surface area contributed by atoms with Gasteiger partial charge in [-0.3, -0.25) is 0 Å². The summed E-state index contributed by atoms with van der Waals surface area (Å²) in [5, 5.41) is 27.7.